The van der Waals surface area contributed by atoms with E-state index in [0.717, 1.165) is 17.5 Å². The summed E-state index contributed by atoms with van der Waals surface area (Å²) in [5, 5.41) is 0.559. The highest BCUT2D eigenvalue weighted by Gasteiger charge is 2.07. The number of rotatable bonds is 4. The van der Waals surface area contributed by atoms with Crippen LogP contribution in [0, 0.1) is 5.82 Å². The van der Waals surface area contributed by atoms with E-state index < -0.39 is 0 Å². The fraction of sp³-hybridized carbons (Fsp3) is 0.364. The van der Waals surface area contributed by atoms with Crippen LogP contribution in [-0.2, 0) is 0 Å². The van der Waals surface area contributed by atoms with Crippen molar-refractivity contribution in [3.63, 3.8) is 0 Å². The first-order chi connectivity index (χ1) is 7.31. The molecule has 0 atom stereocenters. The minimum atomic E-state index is -0.283. The molecule has 80 valence electrons. The van der Waals surface area contributed by atoms with Crippen molar-refractivity contribution in [2.24, 2.45) is 0 Å². The van der Waals surface area contributed by atoms with E-state index in [-0.39, 0.29) is 5.82 Å². The van der Waals surface area contributed by atoms with Gasteiger partial charge in [0.05, 0.1) is 11.3 Å². The normalized spacial score (nSPS) is 10.8. The third kappa shape index (κ3) is 2.26. The molecule has 0 amide bonds. The summed E-state index contributed by atoms with van der Waals surface area (Å²) in [5.74, 6) is -0.283. The molecule has 15 heavy (non-hydrogen) atoms. The van der Waals surface area contributed by atoms with Crippen molar-refractivity contribution < 1.29 is 9.13 Å². The predicted molar refractivity (Wildman–Crippen MR) is 60.0 cm³/mol. The lowest BCUT2D eigenvalue weighted by Gasteiger charge is -1.98. The summed E-state index contributed by atoms with van der Waals surface area (Å²) in [5.41, 5.74) is 0.411. The summed E-state index contributed by atoms with van der Waals surface area (Å²) >= 11 is 1.39. The van der Waals surface area contributed by atoms with Crippen molar-refractivity contribution in [2.45, 2.75) is 19.8 Å². The topological polar surface area (TPSA) is 22.1 Å². The minimum Gasteiger partial charge on any atom is -0.470 e. The lowest BCUT2D eigenvalue weighted by atomic mass is 10.3. The molecule has 0 N–H and O–H groups in total. The Bertz CT molecular complexity index is 455. The van der Waals surface area contributed by atoms with Gasteiger partial charge >= 0.3 is 0 Å². The zero-order chi connectivity index (χ0) is 10.7. The van der Waals surface area contributed by atoms with E-state index in [1.807, 2.05) is 6.07 Å². The van der Waals surface area contributed by atoms with E-state index in [9.17, 15) is 4.39 Å². The number of ether oxygens (including phenoxy) is 1. The molecular weight excluding hydrogens is 213 g/mol. The first-order valence-corrected chi connectivity index (χ1v) is 5.80. The fourth-order valence-electron chi connectivity index (χ4n) is 1.26. The first kappa shape index (κ1) is 10.4. The monoisotopic (exact) mass is 225 g/mol. The Balaban J connectivity index is 2.20. The average molecular weight is 225 g/mol. The van der Waals surface area contributed by atoms with Gasteiger partial charge in [-0.3, -0.25) is 0 Å². The molecule has 1 aromatic carbocycles. The second kappa shape index (κ2) is 4.57. The maximum absolute atomic E-state index is 13.3. The second-order valence-corrected chi connectivity index (χ2v) is 4.26. The molecular formula is C11H12FNOS. The van der Waals surface area contributed by atoms with Gasteiger partial charge in [0.2, 0.25) is 0 Å². The van der Waals surface area contributed by atoms with E-state index in [1.54, 1.807) is 6.07 Å². The van der Waals surface area contributed by atoms with Crippen LogP contribution in [0.2, 0.25) is 0 Å². The van der Waals surface area contributed by atoms with Crippen molar-refractivity contribution >= 4 is 21.6 Å². The predicted octanol–water partition coefficient (Wildman–Crippen LogP) is 3.61. The summed E-state index contributed by atoms with van der Waals surface area (Å²) in [6, 6.07) is 4.95. The lowest BCUT2D eigenvalue weighted by Crippen LogP contribution is -1.95. The molecule has 4 heteroatoms. The summed E-state index contributed by atoms with van der Waals surface area (Å²) in [4.78, 5) is 4.11. The standard InChI is InChI=1S/C11H12FNOS/c1-2-3-7-14-11-13-10-8(12)5-4-6-9(10)15-11/h4-6H,2-3,7H2,1H3. The van der Waals surface area contributed by atoms with Crippen molar-refractivity contribution in [3.8, 4) is 5.19 Å². The number of unbranched alkanes of at least 4 members (excludes halogenated alkanes) is 1. The Kier molecular flexibility index (Phi) is 3.16. The van der Waals surface area contributed by atoms with Gasteiger partial charge in [0.15, 0.2) is 0 Å². The molecule has 0 radical (unpaired) electrons. The van der Waals surface area contributed by atoms with Crippen LogP contribution in [0.4, 0.5) is 4.39 Å². The molecule has 0 aliphatic rings. The third-order valence-electron chi connectivity index (χ3n) is 2.07. The Hall–Kier alpha value is -1.16. The van der Waals surface area contributed by atoms with E-state index in [4.69, 9.17) is 4.74 Å². The third-order valence-corrected chi connectivity index (χ3v) is 3.01. The second-order valence-electron chi connectivity index (χ2n) is 3.27. The number of aromatic nitrogens is 1. The van der Waals surface area contributed by atoms with Gasteiger partial charge < -0.3 is 4.74 Å². The molecule has 2 rings (SSSR count). The SMILES string of the molecule is CCCCOc1nc2c(F)cccc2s1. The Morgan fingerprint density at radius 2 is 2.33 bits per heavy atom. The molecule has 0 unspecified atom stereocenters. The first-order valence-electron chi connectivity index (χ1n) is 4.99. The van der Waals surface area contributed by atoms with E-state index >= 15 is 0 Å². The summed E-state index contributed by atoms with van der Waals surface area (Å²) < 4.78 is 19.5. The number of halogens is 1. The molecule has 0 saturated carbocycles. The van der Waals surface area contributed by atoms with Crippen molar-refractivity contribution in [1.82, 2.24) is 4.98 Å². The zero-order valence-corrected chi connectivity index (χ0v) is 9.31. The Labute approximate surface area is 91.7 Å². The molecule has 2 nitrogen and oxygen atoms in total. The molecule has 0 bridgehead atoms. The van der Waals surface area contributed by atoms with Gasteiger partial charge in [-0.25, -0.2) is 4.39 Å². The fourth-order valence-corrected chi connectivity index (χ4v) is 2.11. The van der Waals surface area contributed by atoms with Gasteiger partial charge in [-0.15, -0.1) is 0 Å². The number of fused-ring (bicyclic) bond motifs is 1. The van der Waals surface area contributed by atoms with Crippen LogP contribution in [-0.4, -0.2) is 11.6 Å². The molecule has 0 aliphatic heterocycles. The highest BCUT2D eigenvalue weighted by molar-refractivity contribution is 7.20. The molecule has 0 spiro atoms. The number of hydrogen-bond donors (Lipinski definition) is 0. The zero-order valence-electron chi connectivity index (χ0n) is 8.50. The quantitative estimate of drug-likeness (QED) is 0.741. The van der Waals surface area contributed by atoms with Crippen molar-refractivity contribution in [3.05, 3.63) is 24.0 Å². The summed E-state index contributed by atoms with van der Waals surface area (Å²) in [7, 11) is 0. The molecule has 2 aromatic rings. The van der Waals surface area contributed by atoms with Crippen molar-refractivity contribution in [2.75, 3.05) is 6.61 Å². The Morgan fingerprint density at radius 1 is 1.47 bits per heavy atom. The molecule has 1 aromatic heterocycles. The Morgan fingerprint density at radius 3 is 3.07 bits per heavy atom. The van der Waals surface area contributed by atoms with Gasteiger partial charge in [0.1, 0.15) is 11.3 Å². The van der Waals surface area contributed by atoms with Gasteiger partial charge in [-0.2, -0.15) is 4.98 Å². The molecule has 0 fully saturated rings. The highest BCUT2D eigenvalue weighted by Crippen LogP contribution is 2.29. The summed E-state index contributed by atoms with van der Waals surface area (Å²) in [6.07, 6.45) is 2.08. The number of para-hydroxylation sites is 1. The maximum Gasteiger partial charge on any atom is 0.274 e. The largest absolute Gasteiger partial charge is 0.470 e. The van der Waals surface area contributed by atoms with Gasteiger partial charge in [0.25, 0.3) is 5.19 Å². The van der Waals surface area contributed by atoms with Crippen LogP contribution >= 0.6 is 11.3 Å². The van der Waals surface area contributed by atoms with Gasteiger partial charge in [0, 0.05) is 0 Å². The van der Waals surface area contributed by atoms with Crippen molar-refractivity contribution in [1.29, 1.82) is 0 Å². The van der Waals surface area contributed by atoms with Gasteiger partial charge in [-0.05, 0) is 18.6 Å². The number of thiazole rings is 1. The van der Waals surface area contributed by atoms with Crippen LogP contribution in [0.3, 0.4) is 0 Å². The highest BCUT2D eigenvalue weighted by atomic mass is 32.1. The van der Waals surface area contributed by atoms with E-state index in [2.05, 4.69) is 11.9 Å². The molecule has 0 aliphatic carbocycles. The lowest BCUT2D eigenvalue weighted by molar-refractivity contribution is 0.308. The van der Waals surface area contributed by atoms with Crippen LogP contribution < -0.4 is 4.74 Å². The minimum absolute atomic E-state index is 0.283. The van der Waals surface area contributed by atoms with Crippen LogP contribution in [0.25, 0.3) is 10.2 Å². The number of hydrogen-bond acceptors (Lipinski definition) is 3. The smallest absolute Gasteiger partial charge is 0.274 e. The molecule has 0 saturated heterocycles. The van der Waals surface area contributed by atoms with E-state index in [1.165, 1.54) is 17.4 Å². The van der Waals surface area contributed by atoms with Crippen LogP contribution in [0.1, 0.15) is 19.8 Å². The number of nitrogens with zero attached hydrogens (tertiary/aromatic N) is 1. The molecule has 1 heterocycles. The number of benzene rings is 1. The van der Waals surface area contributed by atoms with E-state index in [0.29, 0.717) is 17.3 Å². The maximum atomic E-state index is 13.3. The average Bonchev–Trinajstić information content (AvgIpc) is 2.63. The summed E-state index contributed by atoms with van der Waals surface area (Å²) in [6.45, 7) is 2.75. The van der Waals surface area contributed by atoms with Gasteiger partial charge in [-0.1, -0.05) is 30.7 Å². The van der Waals surface area contributed by atoms with Crippen LogP contribution in [0.15, 0.2) is 18.2 Å². The van der Waals surface area contributed by atoms with Crippen LogP contribution in [0.5, 0.6) is 5.19 Å².